The summed E-state index contributed by atoms with van der Waals surface area (Å²) in [5, 5.41) is 21.5. The summed E-state index contributed by atoms with van der Waals surface area (Å²) in [7, 11) is 0. The van der Waals surface area contributed by atoms with Crippen LogP contribution in [0, 0.1) is 11.7 Å². The second-order valence-electron chi connectivity index (χ2n) is 9.04. The average Bonchev–Trinajstić information content (AvgIpc) is 3.50. The maximum atomic E-state index is 14.6. The zero-order valence-electron chi connectivity index (χ0n) is 19.0. The Morgan fingerprint density at radius 3 is 2.65 bits per heavy atom. The van der Waals surface area contributed by atoms with Gasteiger partial charge in [-0.3, -0.25) is 0 Å². The van der Waals surface area contributed by atoms with E-state index < -0.39 is 11.8 Å². The van der Waals surface area contributed by atoms with Crippen molar-refractivity contribution in [1.82, 2.24) is 15.0 Å². The fraction of sp³-hybridized carbons (Fsp3) is 0.222. The van der Waals surface area contributed by atoms with Gasteiger partial charge in [-0.2, -0.15) is 0 Å². The molecular weight excluding hydrogens is 433 g/mol. The molecule has 174 valence electrons. The highest BCUT2D eigenvalue weighted by Crippen LogP contribution is 2.42. The molecule has 0 atom stereocenters. The molecule has 0 bridgehead atoms. The van der Waals surface area contributed by atoms with Crippen LogP contribution in [0.4, 0.5) is 4.39 Å². The van der Waals surface area contributed by atoms with Crippen molar-refractivity contribution in [2.45, 2.75) is 26.7 Å². The molecule has 7 heteroatoms. The number of halogens is 1. The quantitative estimate of drug-likeness (QED) is 0.210. The van der Waals surface area contributed by atoms with E-state index >= 15 is 0 Å². The van der Waals surface area contributed by atoms with E-state index in [2.05, 4.69) is 28.8 Å². The van der Waals surface area contributed by atoms with Crippen LogP contribution in [-0.4, -0.2) is 37.7 Å². The van der Waals surface area contributed by atoms with Crippen molar-refractivity contribution in [1.29, 1.82) is 0 Å². The number of nitrogens with one attached hydrogen (secondary N) is 3. The summed E-state index contributed by atoms with van der Waals surface area (Å²) in [4.78, 5) is 21.9. The Balaban J connectivity index is 1.88. The minimum Gasteiger partial charge on any atom is -0.477 e. The van der Waals surface area contributed by atoms with Gasteiger partial charge in [0.05, 0.1) is 5.69 Å². The van der Waals surface area contributed by atoms with Gasteiger partial charge < -0.3 is 25.2 Å². The lowest BCUT2D eigenvalue weighted by molar-refractivity contribution is 0.0692. The van der Waals surface area contributed by atoms with Crippen LogP contribution in [0.15, 0.2) is 48.8 Å². The molecule has 0 unspecified atom stereocenters. The SMILES string of the molecule is CC(C)Cc1c(-c2cc(F)cc3[nH]ccc23)[nH]c(C(=O)O)c1-c1cccc2[nH]cc(CCO)c12. The maximum absolute atomic E-state index is 14.6. The predicted octanol–water partition coefficient (Wildman–Crippen LogP) is 5.88. The van der Waals surface area contributed by atoms with Crippen molar-refractivity contribution in [2.24, 2.45) is 5.92 Å². The number of carboxylic acid groups (broad SMARTS) is 1. The molecule has 0 saturated carbocycles. The highest BCUT2D eigenvalue weighted by molar-refractivity contribution is 6.07. The molecule has 5 rings (SSSR count). The Hall–Kier alpha value is -3.84. The van der Waals surface area contributed by atoms with E-state index in [1.165, 1.54) is 12.1 Å². The van der Waals surface area contributed by atoms with E-state index in [0.717, 1.165) is 33.0 Å². The van der Waals surface area contributed by atoms with Crippen LogP contribution < -0.4 is 0 Å². The molecule has 34 heavy (non-hydrogen) atoms. The second-order valence-corrected chi connectivity index (χ2v) is 9.04. The third-order valence-corrected chi connectivity index (χ3v) is 6.27. The van der Waals surface area contributed by atoms with Crippen LogP contribution in [0.3, 0.4) is 0 Å². The smallest absolute Gasteiger partial charge is 0.352 e. The highest BCUT2D eigenvalue weighted by Gasteiger charge is 2.27. The minimum atomic E-state index is -1.08. The molecule has 0 saturated heterocycles. The van der Waals surface area contributed by atoms with Gasteiger partial charge in [-0.05, 0) is 59.7 Å². The van der Waals surface area contributed by atoms with Gasteiger partial charge in [-0.25, -0.2) is 9.18 Å². The lowest BCUT2D eigenvalue weighted by Crippen LogP contribution is -2.02. The first-order valence-electron chi connectivity index (χ1n) is 11.3. The van der Waals surface area contributed by atoms with E-state index in [0.29, 0.717) is 35.2 Å². The molecule has 2 aromatic carbocycles. The predicted molar refractivity (Wildman–Crippen MR) is 132 cm³/mol. The summed E-state index contributed by atoms with van der Waals surface area (Å²) in [5.74, 6) is -1.25. The summed E-state index contributed by atoms with van der Waals surface area (Å²) in [6, 6.07) is 10.5. The molecule has 0 spiro atoms. The summed E-state index contributed by atoms with van der Waals surface area (Å²) >= 11 is 0. The number of carbonyl (C=O) groups is 1. The monoisotopic (exact) mass is 459 g/mol. The van der Waals surface area contributed by atoms with Crippen LogP contribution in [-0.2, 0) is 12.8 Å². The molecule has 3 heterocycles. The number of carboxylic acids is 1. The summed E-state index contributed by atoms with van der Waals surface area (Å²) in [6.07, 6.45) is 4.66. The molecule has 0 aliphatic heterocycles. The second kappa shape index (κ2) is 8.50. The van der Waals surface area contributed by atoms with Gasteiger partial charge in [0.2, 0.25) is 0 Å². The van der Waals surface area contributed by atoms with Crippen LogP contribution in [0.2, 0.25) is 0 Å². The summed E-state index contributed by atoms with van der Waals surface area (Å²) in [5.41, 5.74) is 5.96. The van der Waals surface area contributed by atoms with Gasteiger partial charge in [0.25, 0.3) is 0 Å². The van der Waals surface area contributed by atoms with Crippen LogP contribution in [0.5, 0.6) is 0 Å². The van der Waals surface area contributed by atoms with Gasteiger partial charge >= 0.3 is 5.97 Å². The number of hydrogen-bond acceptors (Lipinski definition) is 2. The Kier molecular flexibility index (Phi) is 5.49. The molecule has 5 aromatic rings. The number of aliphatic hydroxyl groups excluding tert-OH is 1. The summed E-state index contributed by atoms with van der Waals surface area (Å²) in [6.45, 7) is 4.14. The largest absolute Gasteiger partial charge is 0.477 e. The Bertz CT molecular complexity index is 1520. The van der Waals surface area contributed by atoms with Gasteiger partial charge in [-0.15, -0.1) is 0 Å². The molecule has 5 N–H and O–H groups in total. The molecular formula is C27H26FN3O3. The van der Waals surface area contributed by atoms with Crippen molar-refractivity contribution in [3.63, 3.8) is 0 Å². The van der Waals surface area contributed by atoms with Crippen LogP contribution in [0.1, 0.15) is 35.5 Å². The lowest BCUT2D eigenvalue weighted by atomic mass is 9.89. The maximum Gasteiger partial charge on any atom is 0.352 e. The van der Waals surface area contributed by atoms with Gasteiger partial charge in [0, 0.05) is 51.9 Å². The Morgan fingerprint density at radius 1 is 1.09 bits per heavy atom. The van der Waals surface area contributed by atoms with Crippen molar-refractivity contribution < 1.29 is 19.4 Å². The number of H-pyrrole nitrogens is 3. The van der Waals surface area contributed by atoms with Crippen molar-refractivity contribution in [2.75, 3.05) is 6.61 Å². The average molecular weight is 460 g/mol. The standard InChI is InChI=1S/C27H26FN3O3/c1-14(2)10-20-24(18-4-3-5-21-23(18)15(7-9-32)13-30-21)26(27(33)34)31-25(20)19-11-16(28)12-22-17(19)6-8-29-22/h3-6,8,11-14,29-32H,7,9-10H2,1-2H3,(H,33,34). The number of aliphatic hydroxyl groups is 1. The molecule has 0 fully saturated rings. The molecule has 0 aliphatic rings. The zero-order valence-corrected chi connectivity index (χ0v) is 19.0. The first-order valence-corrected chi connectivity index (χ1v) is 11.3. The zero-order chi connectivity index (χ0) is 24.0. The van der Waals surface area contributed by atoms with Gasteiger partial charge in [-0.1, -0.05) is 26.0 Å². The van der Waals surface area contributed by atoms with E-state index in [-0.39, 0.29) is 18.2 Å². The summed E-state index contributed by atoms with van der Waals surface area (Å²) < 4.78 is 14.6. The number of aromatic carboxylic acids is 1. The van der Waals surface area contributed by atoms with Gasteiger partial charge in [0.1, 0.15) is 11.5 Å². The lowest BCUT2D eigenvalue weighted by Gasteiger charge is -2.13. The van der Waals surface area contributed by atoms with Crippen molar-refractivity contribution >= 4 is 27.8 Å². The van der Waals surface area contributed by atoms with E-state index in [9.17, 15) is 19.4 Å². The number of aromatic amines is 3. The van der Waals surface area contributed by atoms with E-state index in [1.807, 2.05) is 30.5 Å². The molecule has 0 aliphatic carbocycles. The number of aromatic nitrogens is 3. The minimum absolute atomic E-state index is 0.0148. The third kappa shape index (κ3) is 3.58. The van der Waals surface area contributed by atoms with Crippen molar-refractivity contribution in [3.05, 3.63) is 71.4 Å². The van der Waals surface area contributed by atoms with Crippen LogP contribution >= 0.6 is 0 Å². The normalized spacial score (nSPS) is 11.8. The molecule has 0 radical (unpaired) electrons. The number of benzene rings is 2. The third-order valence-electron chi connectivity index (χ3n) is 6.27. The highest BCUT2D eigenvalue weighted by atomic mass is 19.1. The number of fused-ring (bicyclic) bond motifs is 2. The first kappa shape index (κ1) is 22.0. The topological polar surface area (TPSA) is 105 Å². The first-order chi connectivity index (χ1) is 16.4. The fourth-order valence-electron chi connectivity index (χ4n) is 4.96. The Morgan fingerprint density at radius 2 is 1.91 bits per heavy atom. The fourth-order valence-corrected chi connectivity index (χ4v) is 4.96. The van der Waals surface area contributed by atoms with E-state index in [4.69, 9.17) is 0 Å². The van der Waals surface area contributed by atoms with E-state index in [1.54, 1.807) is 6.20 Å². The molecule has 6 nitrogen and oxygen atoms in total. The van der Waals surface area contributed by atoms with Crippen LogP contribution in [0.25, 0.3) is 44.2 Å². The van der Waals surface area contributed by atoms with Crippen molar-refractivity contribution in [3.8, 4) is 22.4 Å². The Labute approximate surface area is 195 Å². The molecule has 0 amide bonds. The molecule has 3 aromatic heterocycles. The number of rotatable bonds is 7. The van der Waals surface area contributed by atoms with Gasteiger partial charge in [0.15, 0.2) is 0 Å². The number of hydrogen-bond donors (Lipinski definition) is 5.